The molecule has 0 bridgehead atoms. The van der Waals surface area contributed by atoms with Crippen molar-refractivity contribution >= 4 is 5.97 Å². The van der Waals surface area contributed by atoms with Crippen molar-refractivity contribution in [1.82, 2.24) is 10.2 Å². The molecule has 0 saturated carbocycles. The summed E-state index contributed by atoms with van der Waals surface area (Å²) in [6.07, 6.45) is 1.09. The van der Waals surface area contributed by atoms with E-state index in [0.29, 0.717) is 12.6 Å². The molecular formula is C12H26N2O2. The number of esters is 1. The van der Waals surface area contributed by atoms with Gasteiger partial charge < -0.3 is 10.1 Å². The quantitative estimate of drug-likeness (QED) is 0.637. The van der Waals surface area contributed by atoms with Crippen LogP contribution < -0.4 is 5.32 Å². The monoisotopic (exact) mass is 230 g/mol. The van der Waals surface area contributed by atoms with Crippen LogP contribution in [0.1, 0.15) is 34.1 Å². The molecule has 0 aliphatic carbocycles. The standard InChI is InChI=1S/C12H26N2O2/c1-6-10(4)14(8-3)9-11(13-7-2)12(15)16-5/h10-11,13H,6-9H2,1-5H3. The molecule has 0 rings (SSSR count). The molecule has 96 valence electrons. The third-order valence-corrected chi connectivity index (χ3v) is 2.97. The third-order valence-electron chi connectivity index (χ3n) is 2.97. The van der Waals surface area contributed by atoms with Crippen LogP contribution in [0.15, 0.2) is 0 Å². The highest BCUT2D eigenvalue weighted by atomic mass is 16.5. The molecule has 0 aliphatic rings. The molecule has 0 spiro atoms. The summed E-state index contributed by atoms with van der Waals surface area (Å²) in [5.74, 6) is -0.177. The Morgan fingerprint density at radius 3 is 2.38 bits per heavy atom. The van der Waals surface area contributed by atoms with E-state index in [0.717, 1.165) is 19.5 Å². The highest BCUT2D eigenvalue weighted by Gasteiger charge is 2.22. The Morgan fingerprint density at radius 1 is 1.38 bits per heavy atom. The van der Waals surface area contributed by atoms with Crippen molar-refractivity contribution in [2.24, 2.45) is 0 Å². The normalized spacial score (nSPS) is 14.9. The van der Waals surface area contributed by atoms with Gasteiger partial charge in [0.05, 0.1) is 7.11 Å². The summed E-state index contributed by atoms with van der Waals surface area (Å²) >= 11 is 0. The predicted molar refractivity (Wildman–Crippen MR) is 66.5 cm³/mol. The summed E-state index contributed by atoms with van der Waals surface area (Å²) in [7, 11) is 1.44. The number of rotatable bonds is 8. The SMILES string of the molecule is CCNC(CN(CC)C(C)CC)C(=O)OC. The summed E-state index contributed by atoms with van der Waals surface area (Å²) in [6, 6.07) is 0.278. The van der Waals surface area contributed by atoms with E-state index in [4.69, 9.17) is 4.74 Å². The van der Waals surface area contributed by atoms with Crippen molar-refractivity contribution in [1.29, 1.82) is 0 Å². The molecule has 0 saturated heterocycles. The van der Waals surface area contributed by atoms with Crippen LogP contribution in [0.2, 0.25) is 0 Å². The van der Waals surface area contributed by atoms with Gasteiger partial charge in [0.25, 0.3) is 0 Å². The molecule has 1 N–H and O–H groups in total. The molecule has 0 aliphatic heterocycles. The Balaban J connectivity index is 4.39. The average molecular weight is 230 g/mol. The van der Waals surface area contributed by atoms with E-state index in [9.17, 15) is 4.79 Å². The highest BCUT2D eigenvalue weighted by Crippen LogP contribution is 2.04. The fourth-order valence-electron chi connectivity index (χ4n) is 1.72. The second kappa shape index (κ2) is 8.53. The van der Waals surface area contributed by atoms with Crippen LogP contribution in [0, 0.1) is 0 Å². The zero-order chi connectivity index (χ0) is 12.6. The largest absolute Gasteiger partial charge is 0.468 e. The van der Waals surface area contributed by atoms with Gasteiger partial charge in [-0.3, -0.25) is 9.69 Å². The van der Waals surface area contributed by atoms with Gasteiger partial charge in [-0.2, -0.15) is 0 Å². The van der Waals surface area contributed by atoms with E-state index in [-0.39, 0.29) is 12.0 Å². The molecule has 16 heavy (non-hydrogen) atoms. The number of carbonyl (C=O) groups is 1. The van der Waals surface area contributed by atoms with Crippen LogP contribution in [0.5, 0.6) is 0 Å². The molecule has 0 aromatic rings. The first-order chi connectivity index (χ1) is 7.60. The highest BCUT2D eigenvalue weighted by molar-refractivity contribution is 5.75. The fraction of sp³-hybridized carbons (Fsp3) is 0.917. The van der Waals surface area contributed by atoms with E-state index < -0.39 is 0 Å². The first kappa shape index (κ1) is 15.4. The number of likely N-dealkylation sites (N-methyl/N-ethyl adjacent to an activating group) is 2. The molecule has 0 amide bonds. The molecule has 0 fully saturated rings. The maximum atomic E-state index is 11.6. The Labute approximate surface area is 99.3 Å². The molecule has 4 nitrogen and oxygen atoms in total. The lowest BCUT2D eigenvalue weighted by Crippen LogP contribution is -2.48. The maximum absolute atomic E-state index is 11.6. The van der Waals surface area contributed by atoms with Crippen molar-refractivity contribution in [3.8, 4) is 0 Å². The minimum absolute atomic E-state index is 0.177. The molecule has 0 aromatic carbocycles. The number of nitrogens with zero attached hydrogens (tertiary/aromatic N) is 1. The molecule has 0 radical (unpaired) electrons. The number of hydrogen-bond acceptors (Lipinski definition) is 4. The molecule has 0 heterocycles. The Kier molecular flexibility index (Phi) is 8.21. The first-order valence-corrected chi connectivity index (χ1v) is 6.15. The zero-order valence-electron chi connectivity index (χ0n) is 11.2. The first-order valence-electron chi connectivity index (χ1n) is 6.15. The third kappa shape index (κ3) is 4.94. The van der Waals surface area contributed by atoms with E-state index in [2.05, 4.69) is 31.0 Å². The topological polar surface area (TPSA) is 41.6 Å². The van der Waals surface area contributed by atoms with Gasteiger partial charge in [-0.15, -0.1) is 0 Å². The van der Waals surface area contributed by atoms with Crippen LogP contribution >= 0.6 is 0 Å². The lowest BCUT2D eigenvalue weighted by molar-refractivity contribution is -0.143. The van der Waals surface area contributed by atoms with Gasteiger partial charge in [-0.05, 0) is 26.4 Å². The van der Waals surface area contributed by atoms with E-state index in [1.807, 2.05) is 6.92 Å². The van der Waals surface area contributed by atoms with Gasteiger partial charge in [0, 0.05) is 12.6 Å². The van der Waals surface area contributed by atoms with Gasteiger partial charge in [-0.25, -0.2) is 0 Å². The molecule has 2 atom stereocenters. The molecule has 2 unspecified atom stereocenters. The summed E-state index contributed by atoms with van der Waals surface area (Å²) < 4.78 is 4.80. The van der Waals surface area contributed by atoms with Crippen LogP contribution in [-0.4, -0.2) is 49.7 Å². The lowest BCUT2D eigenvalue weighted by atomic mass is 10.2. The lowest BCUT2D eigenvalue weighted by Gasteiger charge is -2.30. The number of ether oxygens (including phenoxy) is 1. The number of hydrogen-bond donors (Lipinski definition) is 1. The predicted octanol–water partition coefficient (Wildman–Crippen LogP) is 1.26. The van der Waals surface area contributed by atoms with Crippen LogP contribution in [-0.2, 0) is 9.53 Å². The summed E-state index contributed by atoms with van der Waals surface area (Å²) in [5.41, 5.74) is 0. The van der Waals surface area contributed by atoms with E-state index in [1.165, 1.54) is 7.11 Å². The van der Waals surface area contributed by atoms with Gasteiger partial charge in [0.2, 0.25) is 0 Å². The summed E-state index contributed by atoms with van der Waals surface area (Å²) in [5, 5.41) is 3.16. The maximum Gasteiger partial charge on any atom is 0.324 e. The van der Waals surface area contributed by atoms with Crippen molar-refractivity contribution < 1.29 is 9.53 Å². The van der Waals surface area contributed by atoms with Gasteiger partial charge in [0.15, 0.2) is 0 Å². The summed E-state index contributed by atoms with van der Waals surface area (Å²) in [4.78, 5) is 13.8. The Morgan fingerprint density at radius 2 is 2.00 bits per heavy atom. The molecular weight excluding hydrogens is 204 g/mol. The van der Waals surface area contributed by atoms with Crippen molar-refractivity contribution in [3.05, 3.63) is 0 Å². The van der Waals surface area contributed by atoms with Crippen molar-refractivity contribution in [2.75, 3.05) is 26.7 Å². The van der Waals surface area contributed by atoms with Crippen molar-refractivity contribution in [3.63, 3.8) is 0 Å². The van der Waals surface area contributed by atoms with E-state index in [1.54, 1.807) is 0 Å². The molecule has 4 heteroatoms. The Hall–Kier alpha value is -0.610. The fourth-order valence-corrected chi connectivity index (χ4v) is 1.72. The Bertz CT molecular complexity index is 197. The summed E-state index contributed by atoms with van der Waals surface area (Å²) in [6.45, 7) is 10.9. The van der Waals surface area contributed by atoms with Gasteiger partial charge >= 0.3 is 5.97 Å². The van der Waals surface area contributed by atoms with E-state index >= 15 is 0 Å². The average Bonchev–Trinajstić information content (AvgIpc) is 2.32. The van der Waals surface area contributed by atoms with Crippen LogP contribution in [0.3, 0.4) is 0 Å². The number of nitrogens with one attached hydrogen (secondary N) is 1. The minimum atomic E-state index is -0.219. The number of methoxy groups -OCH3 is 1. The van der Waals surface area contributed by atoms with Crippen LogP contribution in [0.4, 0.5) is 0 Å². The second-order valence-electron chi connectivity index (χ2n) is 3.98. The van der Waals surface area contributed by atoms with Gasteiger partial charge in [0.1, 0.15) is 6.04 Å². The number of carbonyl (C=O) groups excluding carboxylic acids is 1. The minimum Gasteiger partial charge on any atom is -0.468 e. The smallest absolute Gasteiger partial charge is 0.324 e. The second-order valence-corrected chi connectivity index (χ2v) is 3.98. The van der Waals surface area contributed by atoms with Gasteiger partial charge in [-0.1, -0.05) is 20.8 Å². The molecule has 0 aromatic heterocycles. The van der Waals surface area contributed by atoms with Crippen LogP contribution in [0.25, 0.3) is 0 Å². The zero-order valence-corrected chi connectivity index (χ0v) is 11.2. The van der Waals surface area contributed by atoms with Crippen molar-refractivity contribution in [2.45, 2.75) is 46.2 Å².